The maximum atomic E-state index is 13.6. The molecule has 1 aromatic rings. The number of benzene rings is 1. The van der Waals surface area contributed by atoms with Gasteiger partial charge in [0.05, 0.1) is 11.6 Å². The number of allylic oxidation sites excluding steroid dienone is 1. The van der Waals surface area contributed by atoms with E-state index >= 15 is 0 Å². The molecule has 0 atom stereocenters. The predicted molar refractivity (Wildman–Crippen MR) is 86.1 cm³/mol. The largest absolute Gasteiger partial charge is 0.486 e. The molecule has 0 unspecified atom stereocenters. The first-order valence-corrected chi connectivity index (χ1v) is 8.22. The molecule has 0 radical (unpaired) electrons. The highest BCUT2D eigenvalue weighted by atomic mass is 19.1. The third-order valence-electron chi connectivity index (χ3n) is 4.39. The van der Waals surface area contributed by atoms with Crippen LogP contribution in [-0.4, -0.2) is 6.61 Å². The van der Waals surface area contributed by atoms with Gasteiger partial charge >= 0.3 is 0 Å². The molecular formula is C19H24FNO. The highest BCUT2D eigenvalue weighted by Gasteiger charge is 2.18. The van der Waals surface area contributed by atoms with Gasteiger partial charge in [0.1, 0.15) is 6.61 Å². The van der Waals surface area contributed by atoms with Crippen molar-refractivity contribution >= 4 is 0 Å². The normalized spacial score (nSPS) is 21.7. The van der Waals surface area contributed by atoms with Crippen molar-refractivity contribution in [1.82, 2.24) is 0 Å². The summed E-state index contributed by atoms with van der Waals surface area (Å²) in [7, 11) is 0. The van der Waals surface area contributed by atoms with E-state index in [2.05, 4.69) is 13.0 Å². The van der Waals surface area contributed by atoms with Crippen molar-refractivity contribution < 1.29 is 9.13 Å². The lowest BCUT2D eigenvalue weighted by Gasteiger charge is -2.26. The minimum absolute atomic E-state index is 0.204. The first kappa shape index (κ1) is 16.5. The third-order valence-corrected chi connectivity index (χ3v) is 4.39. The van der Waals surface area contributed by atoms with Gasteiger partial charge in [0.15, 0.2) is 11.6 Å². The number of nitrogens with zero attached hydrogens (tertiary/aromatic N) is 1. The summed E-state index contributed by atoms with van der Waals surface area (Å²) < 4.78 is 19.1. The smallest absolute Gasteiger partial charge is 0.166 e. The fraction of sp³-hybridized carbons (Fsp3) is 0.526. The molecule has 1 aromatic carbocycles. The van der Waals surface area contributed by atoms with Crippen molar-refractivity contribution in [3.63, 3.8) is 0 Å². The molecule has 118 valence electrons. The minimum Gasteiger partial charge on any atom is -0.486 e. The van der Waals surface area contributed by atoms with Gasteiger partial charge in [-0.25, -0.2) is 4.39 Å². The molecule has 1 fully saturated rings. The molecule has 2 rings (SSSR count). The number of hydrogen-bond donors (Lipinski definition) is 0. The lowest BCUT2D eigenvalue weighted by Crippen LogP contribution is -2.13. The molecule has 0 N–H and O–H groups in total. The van der Waals surface area contributed by atoms with E-state index in [1.165, 1.54) is 50.7 Å². The van der Waals surface area contributed by atoms with Crippen LogP contribution in [0.2, 0.25) is 0 Å². The summed E-state index contributed by atoms with van der Waals surface area (Å²) in [6.45, 7) is 2.63. The van der Waals surface area contributed by atoms with Crippen LogP contribution in [0.5, 0.6) is 5.75 Å². The quantitative estimate of drug-likeness (QED) is 0.673. The van der Waals surface area contributed by atoms with Crippen LogP contribution in [0.3, 0.4) is 0 Å². The maximum absolute atomic E-state index is 13.6. The summed E-state index contributed by atoms with van der Waals surface area (Å²) >= 11 is 0. The van der Waals surface area contributed by atoms with E-state index in [4.69, 9.17) is 10.00 Å². The molecule has 0 aromatic heterocycles. The van der Waals surface area contributed by atoms with Crippen molar-refractivity contribution in [1.29, 1.82) is 5.26 Å². The van der Waals surface area contributed by atoms with Crippen molar-refractivity contribution in [2.24, 2.45) is 11.8 Å². The molecule has 0 saturated heterocycles. The van der Waals surface area contributed by atoms with Crippen LogP contribution in [0.4, 0.5) is 4.39 Å². The van der Waals surface area contributed by atoms with Gasteiger partial charge in [0, 0.05) is 0 Å². The summed E-state index contributed by atoms with van der Waals surface area (Å²) in [6.07, 6.45) is 12.0. The van der Waals surface area contributed by atoms with Crippen LogP contribution in [0.1, 0.15) is 51.0 Å². The first-order valence-electron chi connectivity index (χ1n) is 8.22. The fourth-order valence-electron chi connectivity index (χ4n) is 3.15. The second kappa shape index (κ2) is 8.58. The Morgan fingerprint density at radius 2 is 2.09 bits per heavy atom. The first-order chi connectivity index (χ1) is 10.7. The molecule has 0 spiro atoms. The Morgan fingerprint density at radius 3 is 2.73 bits per heavy atom. The summed E-state index contributed by atoms with van der Waals surface area (Å²) in [5.41, 5.74) is 0.309. The van der Waals surface area contributed by atoms with Crippen LogP contribution in [0.15, 0.2) is 30.4 Å². The summed E-state index contributed by atoms with van der Waals surface area (Å²) in [5.74, 6) is 1.28. The SMILES string of the molecule is CCCC1CCC(/C=C/COc2ccc(C#N)cc2F)CC1. The van der Waals surface area contributed by atoms with Gasteiger partial charge in [-0.3, -0.25) is 0 Å². The average Bonchev–Trinajstić information content (AvgIpc) is 2.54. The van der Waals surface area contributed by atoms with Gasteiger partial charge in [0.2, 0.25) is 0 Å². The standard InChI is InChI=1S/C19H24FNO/c1-2-4-15-6-8-16(9-7-15)5-3-12-22-19-11-10-17(14-21)13-18(19)20/h3,5,10-11,13,15-16H,2,4,6-9,12H2,1H3/b5-3+. The Balaban J connectivity index is 1.74. The number of ether oxygens (including phenoxy) is 1. The Labute approximate surface area is 132 Å². The highest BCUT2D eigenvalue weighted by molar-refractivity contribution is 5.36. The number of hydrogen-bond acceptors (Lipinski definition) is 2. The van der Waals surface area contributed by atoms with E-state index in [0.29, 0.717) is 18.1 Å². The molecule has 0 bridgehead atoms. The Morgan fingerprint density at radius 1 is 1.32 bits per heavy atom. The molecule has 1 saturated carbocycles. The van der Waals surface area contributed by atoms with E-state index in [0.717, 1.165) is 5.92 Å². The maximum Gasteiger partial charge on any atom is 0.166 e. The second-order valence-electron chi connectivity index (χ2n) is 6.07. The molecule has 0 amide bonds. The van der Waals surface area contributed by atoms with E-state index in [9.17, 15) is 4.39 Å². The van der Waals surface area contributed by atoms with Gasteiger partial charge in [-0.1, -0.05) is 31.9 Å². The van der Waals surface area contributed by atoms with Crippen molar-refractivity contribution in [3.05, 3.63) is 41.7 Å². The van der Waals surface area contributed by atoms with Crippen molar-refractivity contribution in [2.75, 3.05) is 6.61 Å². The van der Waals surface area contributed by atoms with Gasteiger partial charge in [-0.2, -0.15) is 5.26 Å². The van der Waals surface area contributed by atoms with Crippen LogP contribution in [-0.2, 0) is 0 Å². The summed E-state index contributed by atoms with van der Waals surface area (Å²) in [5, 5.41) is 8.69. The number of nitriles is 1. The zero-order chi connectivity index (χ0) is 15.8. The van der Waals surface area contributed by atoms with Crippen LogP contribution in [0, 0.1) is 29.0 Å². The van der Waals surface area contributed by atoms with E-state index in [1.54, 1.807) is 6.07 Å². The van der Waals surface area contributed by atoms with E-state index < -0.39 is 5.82 Å². The Bertz CT molecular complexity index is 539. The summed E-state index contributed by atoms with van der Waals surface area (Å²) in [4.78, 5) is 0. The van der Waals surface area contributed by atoms with Gasteiger partial charge in [-0.05, 0) is 55.7 Å². The van der Waals surface area contributed by atoms with E-state index in [-0.39, 0.29) is 5.75 Å². The van der Waals surface area contributed by atoms with Crippen LogP contribution in [0.25, 0.3) is 0 Å². The molecule has 3 heteroatoms. The molecular weight excluding hydrogens is 277 g/mol. The van der Waals surface area contributed by atoms with Crippen molar-refractivity contribution in [3.8, 4) is 11.8 Å². The monoisotopic (exact) mass is 301 g/mol. The molecule has 2 nitrogen and oxygen atoms in total. The fourth-order valence-corrected chi connectivity index (χ4v) is 3.15. The molecule has 22 heavy (non-hydrogen) atoms. The van der Waals surface area contributed by atoms with Gasteiger partial charge in [-0.15, -0.1) is 0 Å². The molecule has 0 heterocycles. The van der Waals surface area contributed by atoms with Crippen LogP contribution >= 0.6 is 0 Å². The third kappa shape index (κ3) is 4.87. The Hall–Kier alpha value is -1.82. The second-order valence-corrected chi connectivity index (χ2v) is 6.07. The topological polar surface area (TPSA) is 33.0 Å². The van der Waals surface area contributed by atoms with Gasteiger partial charge in [0.25, 0.3) is 0 Å². The Kier molecular flexibility index (Phi) is 6.45. The lowest BCUT2D eigenvalue weighted by molar-refractivity contribution is 0.292. The van der Waals surface area contributed by atoms with E-state index in [1.807, 2.05) is 12.1 Å². The summed E-state index contributed by atoms with van der Waals surface area (Å²) in [6, 6.07) is 6.19. The average molecular weight is 301 g/mol. The number of rotatable bonds is 6. The predicted octanol–water partition coefficient (Wildman–Crippen LogP) is 5.24. The lowest BCUT2D eigenvalue weighted by atomic mass is 9.80. The zero-order valence-electron chi connectivity index (χ0n) is 13.2. The van der Waals surface area contributed by atoms with Gasteiger partial charge < -0.3 is 4.74 Å². The molecule has 1 aliphatic rings. The number of halogens is 1. The molecule has 0 aliphatic heterocycles. The highest BCUT2D eigenvalue weighted by Crippen LogP contribution is 2.32. The zero-order valence-corrected chi connectivity index (χ0v) is 13.2. The molecule has 1 aliphatic carbocycles. The van der Waals surface area contributed by atoms with Crippen molar-refractivity contribution in [2.45, 2.75) is 45.4 Å². The minimum atomic E-state index is -0.479. The van der Waals surface area contributed by atoms with Crippen LogP contribution < -0.4 is 4.74 Å².